The number of anilines is 1. The summed E-state index contributed by atoms with van der Waals surface area (Å²) in [6.07, 6.45) is 3.17. The number of benzene rings is 1. The van der Waals surface area contributed by atoms with Crippen LogP contribution in [0.1, 0.15) is 53.0 Å². The van der Waals surface area contributed by atoms with Gasteiger partial charge in [0, 0.05) is 32.4 Å². The average Bonchev–Trinajstić information content (AvgIpc) is 3.70. The summed E-state index contributed by atoms with van der Waals surface area (Å²) in [6, 6.07) is 2.68. The molecule has 12 nitrogen and oxygen atoms in total. The molecule has 1 aromatic carbocycles. The molecule has 4 bridgehead atoms. The van der Waals surface area contributed by atoms with E-state index >= 15 is 0 Å². The van der Waals surface area contributed by atoms with Crippen LogP contribution in [0.4, 0.5) is 10.5 Å². The molecule has 7 unspecified atom stereocenters. The maximum absolute atomic E-state index is 13.9. The number of rotatable bonds is 5. The summed E-state index contributed by atoms with van der Waals surface area (Å²) in [5, 5.41) is 14.4. The monoisotopic (exact) mass is 661 g/mol. The highest BCUT2D eigenvalue weighted by molar-refractivity contribution is 6.35. The van der Waals surface area contributed by atoms with Crippen LogP contribution < -0.4 is 15.0 Å². The van der Waals surface area contributed by atoms with Gasteiger partial charge in [0.05, 0.1) is 25.3 Å². The number of halogens is 1. The van der Waals surface area contributed by atoms with Gasteiger partial charge in [-0.15, -0.1) is 0 Å². The summed E-state index contributed by atoms with van der Waals surface area (Å²) < 4.78 is 23.2. The van der Waals surface area contributed by atoms with E-state index in [1.54, 1.807) is 27.0 Å². The van der Waals surface area contributed by atoms with E-state index in [0.717, 1.165) is 16.0 Å². The first-order valence-corrected chi connectivity index (χ1v) is 15.7. The molecule has 2 saturated heterocycles. The standard InChI is InChI=1S/C33H44ClN3O9/c1-18-10-9-11-19(2)33(42)16-25(44-31(41)35-33)20(3)29-32(5,46-29)26(45-30(40)21(4)36(6)17-38)15-27(39)37(7)23-13-22(12-18)14-24(43-8)28(23)34/h9-11,13-14,17,19-21,25-26,29,42H,12,15-16H2,1-8H3,(H,35,41)/b11-9+,18-10+/t19?,20?,21-,25?,26?,29?,32?,33?/m0/s1. The number of carbonyl (C=O) groups excluding carboxylic acids is 4. The van der Waals surface area contributed by atoms with Gasteiger partial charge in [-0.05, 0) is 44.9 Å². The van der Waals surface area contributed by atoms with Gasteiger partial charge in [0.1, 0.15) is 40.3 Å². The number of nitrogens with one attached hydrogen (secondary N) is 1. The Morgan fingerprint density at radius 1 is 1.30 bits per heavy atom. The Kier molecular flexibility index (Phi) is 10.4. The largest absolute Gasteiger partial charge is 0.495 e. The minimum absolute atomic E-state index is 0.0709. The van der Waals surface area contributed by atoms with Crippen LogP contribution in [-0.2, 0) is 35.0 Å². The fourth-order valence-electron chi connectivity index (χ4n) is 6.01. The molecule has 0 saturated carbocycles. The van der Waals surface area contributed by atoms with Gasteiger partial charge in [-0.25, -0.2) is 9.59 Å². The Bertz CT molecular complexity index is 1430. The Labute approximate surface area is 274 Å². The van der Waals surface area contributed by atoms with Crippen molar-refractivity contribution in [3.05, 3.63) is 46.5 Å². The molecule has 3 heterocycles. The van der Waals surface area contributed by atoms with Crippen LogP contribution in [-0.4, -0.2) is 91.3 Å². The fourth-order valence-corrected chi connectivity index (χ4v) is 6.32. The van der Waals surface area contributed by atoms with Gasteiger partial charge in [0.2, 0.25) is 12.3 Å². The van der Waals surface area contributed by atoms with E-state index in [1.807, 2.05) is 38.1 Å². The summed E-state index contributed by atoms with van der Waals surface area (Å²) in [5.41, 5.74) is -0.526. The third kappa shape index (κ3) is 7.19. The molecular weight excluding hydrogens is 618 g/mol. The number of methoxy groups -OCH3 is 1. The van der Waals surface area contributed by atoms with E-state index < -0.39 is 65.5 Å². The number of likely N-dealkylation sites (N-methyl/N-ethyl adjacent to an activating group) is 1. The number of aliphatic hydroxyl groups is 1. The lowest BCUT2D eigenvalue weighted by molar-refractivity contribution is -0.160. The summed E-state index contributed by atoms with van der Waals surface area (Å²) in [7, 11) is 4.52. The van der Waals surface area contributed by atoms with E-state index in [0.29, 0.717) is 24.3 Å². The molecule has 0 radical (unpaired) electrons. The number of epoxide rings is 1. The Balaban J connectivity index is 1.78. The second-order valence-corrected chi connectivity index (χ2v) is 13.2. The second-order valence-electron chi connectivity index (χ2n) is 12.8. The fraction of sp³-hybridized carbons (Fsp3) is 0.576. The molecule has 3 aliphatic rings. The van der Waals surface area contributed by atoms with Crippen molar-refractivity contribution >= 4 is 41.7 Å². The van der Waals surface area contributed by atoms with Crippen molar-refractivity contribution in [3.63, 3.8) is 0 Å². The maximum Gasteiger partial charge on any atom is 0.409 e. The van der Waals surface area contributed by atoms with Crippen molar-refractivity contribution in [1.82, 2.24) is 10.2 Å². The summed E-state index contributed by atoms with van der Waals surface area (Å²) in [4.78, 5) is 53.7. The van der Waals surface area contributed by atoms with Gasteiger partial charge in [-0.3, -0.25) is 14.9 Å². The van der Waals surface area contributed by atoms with Crippen molar-refractivity contribution in [3.8, 4) is 5.75 Å². The third-order valence-electron chi connectivity index (χ3n) is 9.47. The van der Waals surface area contributed by atoms with Gasteiger partial charge in [-0.2, -0.15) is 0 Å². The number of nitrogens with zero attached hydrogens (tertiary/aromatic N) is 2. The molecule has 4 rings (SSSR count). The number of allylic oxidation sites excluding steroid dienone is 3. The van der Waals surface area contributed by atoms with Crippen molar-refractivity contribution in [1.29, 1.82) is 0 Å². The second kappa shape index (κ2) is 13.6. The van der Waals surface area contributed by atoms with Crippen molar-refractivity contribution in [2.45, 2.75) is 89.6 Å². The zero-order chi connectivity index (χ0) is 34.1. The third-order valence-corrected chi connectivity index (χ3v) is 9.85. The first kappa shape index (κ1) is 35.2. The average molecular weight is 662 g/mol. The van der Waals surface area contributed by atoms with Gasteiger partial charge < -0.3 is 33.9 Å². The number of carbonyl (C=O) groups is 4. The molecule has 46 heavy (non-hydrogen) atoms. The Morgan fingerprint density at radius 2 is 2.00 bits per heavy atom. The van der Waals surface area contributed by atoms with Crippen LogP contribution >= 0.6 is 11.6 Å². The lowest BCUT2D eigenvalue weighted by atomic mass is 9.82. The highest BCUT2D eigenvalue weighted by atomic mass is 35.5. The van der Waals surface area contributed by atoms with Gasteiger partial charge >= 0.3 is 12.1 Å². The van der Waals surface area contributed by atoms with Gasteiger partial charge in [0.15, 0.2) is 0 Å². The molecule has 3 amide bonds. The number of ether oxygens (including phenoxy) is 4. The minimum atomic E-state index is -1.60. The van der Waals surface area contributed by atoms with E-state index in [-0.39, 0.29) is 17.9 Å². The van der Waals surface area contributed by atoms with E-state index in [1.165, 1.54) is 26.0 Å². The highest BCUT2D eigenvalue weighted by Crippen LogP contribution is 2.49. The maximum atomic E-state index is 13.9. The number of alkyl carbamates (subject to hydrolysis) is 1. The molecular formula is C33H44ClN3O9. The van der Waals surface area contributed by atoms with E-state index in [4.69, 9.17) is 30.5 Å². The lowest BCUT2D eigenvalue weighted by Gasteiger charge is -2.41. The summed E-state index contributed by atoms with van der Waals surface area (Å²) >= 11 is 6.69. The predicted molar refractivity (Wildman–Crippen MR) is 170 cm³/mol. The smallest absolute Gasteiger partial charge is 0.409 e. The van der Waals surface area contributed by atoms with Crippen molar-refractivity contribution in [2.75, 3.05) is 26.1 Å². The van der Waals surface area contributed by atoms with Crippen molar-refractivity contribution in [2.24, 2.45) is 11.8 Å². The molecule has 8 atom stereocenters. The summed E-state index contributed by atoms with van der Waals surface area (Å²) in [5.74, 6) is -1.68. The molecule has 3 aliphatic heterocycles. The van der Waals surface area contributed by atoms with Crippen molar-refractivity contribution < 1.29 is 43.2 Å². The lowest BCUT2D eigenvalue weighted by Crippen LogP contribution is -2.60. The van der Waals surface area contributed by atoms with E-state index in [2.05, 4.69) is 5.32 Å². The van der Waals surface area contributed by atoms with Crippen LogP contribution in [0.3, 0.4) is 0 Å². The number of esters is 1. The number of fused-ring (bicyclic) bond motifs is 5. The minimum Gasteiger partial charge on any atom is -0.495 e. The summed E-state index contributed by atoms with van der Waals surface area (Å²) in [6.45, 7) is 8.82. The van der Waals surface area contributed by atoms with Crippen LogP contribution in [0.5, 0.6) is 5.75 Å². The Morgan fingerprint density at radius 3 is 2.65 bits per heavy atom. The molecule has 13 heteroatoms. The Hall–Kier alpha value is -3.61. The first-order valence-electron chi connectivity index (χ1n) is 15.3. The zero-order valence-electron chi connectivity index (χ0n) is 27.5. The molecule has 2 N–H and O–H groups in total. The van der Waals surface area contributed by atoms with Crippen LogP contribution in [0.2, 0.25) is 5.02 Å². The van der Waals surface area contributed by atoms with Gasteiger partial charge in [0.25, 0.3) is 0 Å². The number of hydrogen-bond acceptors (Lipinski definition) is 9. The highest BCUT2D eigenvalue weighted by Gasteiger charge is 2.64. The zero-order valence-corrected chi connectivity index (χ0v) is 28.3. The first-order chi connectivity index (χ1) is 21.5. The normalized spacial score (nSPS) is 34.1. The molecule has 1 aromatic rings. The molecule has 0 spiro atoms. The van der Waals surface area contributed by atoms with Crippen LogP contribution in [0.25, 0.3) is 0 Å². The van der Waals surface area contributed by atoms with E-state index in [9.17, 15) is 24.3 Å². The SMILES string of the molecule is COc1cc2cc(c1Cl)N(C)C(=O)CC(OC(=O)[C@H](C)N(C)C=O)C1(C)OC1C(C)C1CC(O)(NC(=O)O1)C(C)/C=C/C=C(\C)C2. The quantitative estimate of drug-likeness (QED) is 0.273. The molecule has 0 aromatic heterocycles. The van der Waals surface area contributed by atoms with Crippen LogP contribution in [0, 0.1) is 11.8 Å². The topological polar surface area (TPSA) is 147 Å². The molecule has 0 aliphatic carbocycles. The predicted octanol–water partition coefficient (Wildman–Crippen LogP) is 3.77. The molecule has 2 fully saturated rings. The molecule has 252 valence electrons. The van der Waals surface area contributed by atoms with Gasteiger partial charge in [-0.1, -0.05) is 49.2 Å². The number of hydrogen-bond donors (Lipinski definition) is 2. The number of amides is 3. The van der Waals surface area contributed by atoms with Crippen LogP contribution in [0.15, 0.2) is 35.9 Å².